The number of phenols is 1. The maximum atomic E-state index is 9.93. The minimum atomic E-state index is 0.253. The van der Waals surface area contributed by atoms with Crippen molar-refractivity contribution in [2.75, 3.05) is 5.73 Å². The minimum Gasteiger partial charge on any atom is -0.506 e. The highest BCUT2D eigenvalue weighted by atomic mass is 127. The summed E-state index contributed by atoms with van der Waals surface area (Å²) in [5.41, 5.74) is 7.82. The van der Waals surface area contributed by atoms with Gasteiger partial charge in [0.05, 0.1) is 9.26 Å². The van der Waals surface area contributed by atoms with E-state index in [9.17, 15) is 5.11 Å². The lowest BCUT2D eigenvalue weighted by molar-refractivity contribution is 0.470. The third-order valence-corrected chi connectivity index (χ3v) is 3.73. The van der Waals surface area contributed by atoms with Crippen LogP contribution in [0.25, 0.3) is 0 Å². The minimum absolute atomic E-state index is 0.253. The molecule has 3 nitrogen and oxygen atoms in total. The molecule has 0 aromatic heterocycles. The molecule has 18 heavy (non-hydrogen) atoms. The van der Waals surface area contributed by atoms with Crippen molar-refractivity contribution in [3.63, 3.8) is 0 Å². The Morgan fingerprint density at radius 2 is 1.94 bits per heavy atom. The number of benzene rings is 2. The van der Waals surface area contributed by atoms with Crippen LogP contribution in [0.5, 0.6) is 5.75 Å². The predicted molar refractivity (Wildman–Crippen MR) is 91.6 cm³/mol. The van der Waals surface area contributed by atoms with Crippen molar-refractivity contribution in [1.82, 2.24) is 0 Å². The lowest BCUT2D eigenvalue weighted by atomic mass is 10.2. The first-order chi connectivity index (χ1) is 8.56. The molecule has 0 spiro atoms. The number of hydrogen-bond acceptors (Lipinski definition) is 3. The van der Waals surface area contributed by atoms with E-state index in [1.54, 1.807) is 12.3 Å². The molecule has 2 rings (SSSR count). The highest BCUT2D eigenvalue weighted by molar-refractivity contribution is 14.1. The third-order valence-electron chi connectivity index (χ3n) is 2.28. The number of phenolic OH excluding ortho intramolecular Hbond substituents is 1. The molecular formula is C13H10I2N2O. The largest absolute Gasteiger partial charge is 0.506 e. The first-order valence-electron chi connectivity index (χ1n) is 5.14. The Bertz CT molecular complexity index is 612. The molecule has 92 valence electrons. The normalized spacial score (nSPS) is 11.0. The molecule has 2 aromatic carbocycles. The first-order valence-corrected chi connectivity index (χ1v) is 7.29. The maximum absolute atomic E-state index is 9.93. The summed E-state index contributed by atoms with van der Waals surface area (Å²) in [6, 6.07) is 11.1. The molecule has 2 aromatic rings. The predicted octanol–water partition coefficient (Wildman–Crippen LogP) is 3.93. The molecule has 0 fully saturated rings. The molecule has 0 aliphatic carbocycles. The summed E-state index contributed by atoms with van der Waals surface area (Å²) < 4.78 is 1.87. The number of hydrogen-bond donors (Lipinski definition) is 2. The summed E-state index contributed by atoms with van der Waals surface area (Å²) in [5.74, 6) is 0.253. The van der Waals surface area contributed by atoms with Crippen molar-refractivity contribution in [1.29, 1.82) is 0 Å². The summed E-state index contributed by atoms with van der Waals surface area (Å²) in [6.45, 7) is 0. The fourth-order valence-electron chi connectivity index (χ4n) is 1.43. The molecule has 0 unspecified atom stereocenters. The molecule has 0 bridgehead atoms. The summed E-state index contributed by atoms with van der Waals surface area (Å²) in [6.07, 6.45) is 1.65. The molecule has 0 amide bonds. The summed E-state index contributed by atoms with van der Waals surface area (Å²) in [7, 11) is 0. The topological polar surface area (TPSA) is 58.6 Å². The van der Waals surface area contributed by atoms with Gasteiger partial charge in [0.1, 0.15) is 5.75 Å². The second-order valence-electron chi connectivity index (χ2n) is 3.68. The number of rotatable bonds is 2. The van der Waals surface area contributed by atoms with Crippen molar-refractivity contribution in [2.24, 2.45) is 4.99 Å². The fourth-order valence-corrected chi connectivity index (χ4v) is 3.32. The Morgan fingerprint density at radius 3 is 2.67 bits per heavy atom. The zero-order valence-electron chi connectivity index (χ0n) is 9.27. The third kappa shape index (κ3) is 3.35. The van der Waals surface area contributed by atoms with Crippen LogP contribution in [0.1, 0.15) is 5.56 Å². The van der Waals surface area contributed by atoms with E-state index in [0.29, 0.717) is 11.3 Å². The van der Waals surface area contributed by atoms with Gasteiger partial charge < -0.3 is 10.8 Å². The molecular weight excluding hydrogens is 454 g/mol. The lowest BCUT2D eigenvalue weighted by Gasteiger charge is -2.03. The van der Waals surface area contributed by atoms with Crippen LogP contribution in [-0.4, -0.2) is 11.3 Å². The number of nitrogens with two attached hydrogens (primary N) is 1. The zero-order chi connectivity index (χ0) is 13.1. The average molecular weight is 464 g/mol. The van der Waals surface area contributed by atoms with Crippen LogP contribution < -0.4 is 5.73 Å². The van der Waals surface area contributed by atoms with Gasteiger partial charge in [-0.25, -0.2) is 0 Å². The SMILES string of the molecule is Nc1cccc(/N=C/c2cc(I)cc(I)c2O)c1. The van der Waals surface area contributed by atoms with Gasteiger partial charge in [-0.2, -0.15) is 0 Å². The van der Waals surface area contributed by atoms with E-state index in [4.69, 9.17) is 5.73 Å². The average Bonchev–Trinajstić information content (AvgIpc) is 2.32. The number of nitrogen functional groups attached to an aromatic ring is 1. The monoisotopic (exact) mass is 464 g/mol. The molecule has 0 aliphatic heterocycles. The van der Waals surface area contributed by atoms with Gasteiger partial charge in [0.25, 0.3) is 0 Å². The van der Waals surface area contributed by atoms with Gasteiger partial charge >= 0.3 is 0 Å². The van der Waals surface area contributed by atoms with Crippen LogP contribution in [0, 0.1) is 7.14 Å². The smallest absolute Gasteiger partial charge is 0.137 e. The van der Waals surface area contributed by atoms with Crippen LogP contribution in [0.4, 0.5) is 11.4 Å². The quantitative estimate of drug-likeness (QED) is 0.402. The Hall–Kier alpha value is -0.830. The van der Waals surface area contributed by atoms with E-state index in [2.05, 4.69) is 50.2 Å². The molecule has 3 N–H and O–H groups in total. The molecule has 0 saturated carbocycles. The van der Waals surface area contributed by atoms with Crippen LogP contribution in [-0.2, 0) is 0 Å². The Morgan fingerprint density at radius 1 is 1.17 bits per heavy atom. The van der Waals surface area contributed by atoms with E-state index in [1.165, 1.54) is 0 Å². The van der Waals surface area contributed by atoms with Crippen LogP contribution in [0.3, 0.4) is 0 Å². The fraction of sp³-hybridized carbons (Fsp3) is 0. The van der Waals surface area contributed by atoms with Gasteiger partial charge in [-0.1, -0.05) is 6.07 Å². The Labute approximate surface area is 132 Å². The van der Waals surface area contributed by atoms with Gasteiger partial charge in [-0.3, -0.25) is 4.99 Å². The Kier molecular flexibility index (Phi) is 4.44. The second-order valence-corrected chi connectivity index (χ2v) is 6.09. The summed E-state index contributed by atoms with van der Waals surface area (Å²) in [5, 5.41) is 9.93. The Balaban J connectivity index is 2.34. The van der Waals surface area contributed by atoms with Crippen molar-refractivity contribution in [3.8, 4) is 5.75 Å². The molecule has 0 aliphatic rings. The molecule has 0 saturated heterocycles. The summed E-state index contributed by atoms with van der Waals surface area (Å²) >= 11 is 4.31. The summed E-state index contributed by atoms with van der Waals surface area (Å²) in [4.78, 5) is 4.31. The van der Waals surface area contributed by atoms with Crippen molar-refractivity contribution >= 4 is 62.8 Å². The van der Waals surface area contributed by atoms with Crippen LogP contribution >= 0.6 is 45.2 Å². The van der Waals surface area contributed by atoms with Gasteiger partial charge in [0.2, 0.25) is 0 Å². The zero-order valence-corrected chi connectivity index (χ0v) is 13.6. The molecule has 0 heterocycles. The van der Waals surface area contributed by atoms with Crippen molar-refractivity contribution in [3.05, 3.63) is 49.1 Å². The van der Waals surface area contributed by atoms with Gasteiger partial charge in [0.15, 0.2) is 0 Å². The number of nitrogens with zero attached hydrogens (tertiary/aromatic N) is 1. The second kappa shape index (κ2) is 5.87. The molecule has 5 heteroatoms. The van der Waals surface area contributed by atoms with E-state index in [-0.39, 0.29) is 5.75 Å². The van der Waals surface area contributed by atoms with E-state index in [0.717, 1.165) is 12.8 Å². The molecule has 0 atom stereocenters. The van der Waals surface area contributed by atoms with Gasteiger partial charge in [-0.05, 0) is 75.5 Å². The maximum Gasteiger partial charge on any atom is 0.137 e. The number of aromatic hydroxyl groups is 1. The highest BCUT2D eigenvalue weighted by Crippen LogP contribution is 2.26. The van der Waals surface area contributed by atoms with Gasteiger partial charge in [-0.15, -0.1) is 0 Å². The van der Waals surface area contributed by atoms with Crippen LogP contribution in [0.2, 0.25) is 0 Å². The van der Waals surface area contributed by atoms with E-state index in [1.807, 2.05) is 30.3 Å². The highest BCUT2D eigenvalue weighted by Gasteiger charge is 2.05. The lowest BCUT2D eigenvalue weighted by Crippen LogP contribution is -1.88. The van der Waals surface area contributed by atoms with Gasteiger partial charge in [0, 0.05) is 21.0 Å². The number of anilines is 1. The molecule has 0 radical (unpaired) electrons. The van der Waals surface area contributed by atoms with E-state index >= 15 is 0 Å². The van der Waals surface area contributed by atoms with E-state index < -0.39 is 0 Å². The van der Waals surface area contributed by atoms with Crippen LogP contribution in [0.15, 0.2) is 41.4 Å². The van der Waals surface area contributed by atoms with Crippen molar-refractivity contribution in [2.45, 2.75) is 0 Å². The number of aliphatic imine (C=N–C) groups is 1. The first kappa shape index (κ1) is 13.6. The van der Waals surface area contributed by atoms with Crippen molar-refractivity contribution < 1.29 is 5.11 Å². The number of halogens is 2. The standard InChI is InChI=1S/C13H10I2N2O/c14-9-4-8(13(18)12(15)5-9)7-17-11-3-1-2-10(16)6-11/h1-7,18H,16H2/b17-7+.